The average Bonchev–Trinajstić information content (AvgIpc) is 3.42. The van der Waals surface area contributed by atoms with Crippen LogP contribution in [0.4, 0.5) is 5.00 Å². The van der Waals surface area contributed by atoms with Gasteiger partial charge in [0.2, 0.25) is 5.91 Å². The van der Waals surface area contributed by atoms with Crippen molar-refractivity contribution in [3.63, 3.8) is 0 Å². The Hall–Kier alpha value is -2.15. The summed E-state index contributed by atoms with van der Waals surface area (Å²) in [6, 6.07) is 4.44. The Morgan fingerprint density at radius 2 is 2.30 bits per heavy atom. The van der Waals surface area contributed by atoms with Crippen molar-refractivity contribution in [2.75, 3.05) is 11.1 Å². The first-order valence-corrected chi connectivity index (χ1v) is 12.6. The Morgan fingerprint density at radius 1 is 1.47 bits per heavy atom. The van der Waals surface area contributed by atoms with Crippen molar-refractivity contribution in [2.24, 2.45) is 13.0 Å². The van der Waals surface area contributed by atoms with Crippen molar-refractivity contribution in [1.29, 1.82) is 5.26 Å². The highest BCUT2D eigenvalue weighted by Crippen LogP contribution is 2.39. The summed E-state index contributed by atoms with van der Waals surface area (Å²) in [5, 5.41) is 24.6. The molecular formula is C21H23N5OS3. The lowest BCUT2D eigenvalue weighted by molar-refractivity contribution is -0.113. The number of hydrogen-bond acceptors (Lipinski definition) is 7. The fourth-order valence-corrected chi connectivity index (χ4v) is 6.53. The Kier molecular flexibility index (Phi) is 6.27. The van der Waals surface area contributed by atoms with Crippen molar-refractivity contribution >= 4 is 45.3 Å². The average molecular weight is 458 g/mol. The number of hydrogen-bond donors (Lipinski definition) is 1. The van der Waals surface area contributed by atoms with E-state index in [-0.39, 0.29) is 11.7 Å². The zero-order valence-electron chi connectivity index (χ0n) is 17.2. The van der Waals surface area contributed by atoms with Gasteiger partial charge in [-0.1, -0.05) is 25.6 Å². The lowest BCUT2D eigenvalue weighted by Crippen LogP contribution is -2.14. The zero-order valence-corrected chi connectivity index (χ0v) is 19.6. The predicted molar refractivity (Wildman–Crippen MR) is 123 cm³/mol. The molecule has 4 rings (SSSR count). The van der Waals surface area contributed by atoms with Crippen LogP contribution in [-0.4, -0.2) is 26.4 Å². The van der Waals surface area contributed by atoms with Crippen LogP contribution in [0.25, 0.3) is 11.4 Å². The number of amides is 1. The minimum atomic E-state index is -0.128. The van der Waals surface area contributed by atoms with E-state index in [1.165, 1.54) is 21.5 Å². The van der Waals surface area contributed by atoms with Crippen LogP contribution in [-0.2, 0) is 31.1 Å². The van der Waals surface area contributed by atoms with Gasteiger partial charge in [0.1, 0.15) is 11.1 Å². The van der Waals surface area contributed by atoms with Gasteiger partial charge >= 0.3 is 0 Å². The summed E-state index contributed by atoms with van der Waals surface area (Å²) in [4.78, 5) is 15.1. The van der Waals surface area contributed by atoms with Gasteiger partial charge in [0, 0.05) is 27.7 Å². The third-order valence-electron chi connectivity index (χ3n) is 5.30. The number of nitrogens with zero attached hydrogens (tertiary/aromatic N) is 4. The molecule has 0 aromatic carbocycles. The predicted octanol–water partition coefficient (Wildman–Crippen LogP) is 4.89. The number of carbonyl (C=O) groups excluding carboxylic acids is 1. The van der Waals surface area contributed by atoms with E-state index in [1.807, 2.05) is 11.6 Å². The molecule has 9 heteroatoms. The number of aromatic nitrogens is 3. The highest BCUT2D eigenvalue weighted by Gasteiger charge is 2.25. The molecular weight excluding hydrogens is 434 g/mol. The largest absolute Gasteiger partial charge is 0.316 e. The molecule has 1 unspecified atom stereocenters. The van der Waals surface area contributed by atoms with Crippen molar-refractivity contribution in [3.05, 3.63) is 32.3 Å². The van der Waals surface area contributed by atoms with E-state index < -0.39 is 0 Å². The van der Waals surface area contributed by atoms with Crippen LogP contribution in [0, 0.1) is 17.2 Å². The number of thioether (sulfide) groups is 1. The quantitative estimate of drug-likeness (QED) is 0.533. The number of aryl methyl sites for hydroxylation is 1. The summed E-state index contributed by atoms with van der Waals surface area (Å²) < 4.78 is 1.92. The Balaban J connectivity index is 1.42. The van der Waals surface area contributed by atoms with Gasteiger partial charge in [-0.2, -0.15) is 5.26 Å². The first kappa shape index (κ1) is 21.1. The second-order valence-corrected chi connectivity index (χ2v) is 10.6. The number of anilines is 1. The van der Waals surface area contributed by atoms with Crippen LogP contribution in [0.5, 0.6) is 0 Å². The van der Waals surface area contributed by atoms with Gasteiger partial charge in [0.05, 0.1) is 11.3 Å². The molecule has 3 heterocycles. The maximum atomic E-state index is 12.6. The number of fused-ring (bicyclic) bond motifs is 1. The van der Waals surface area contributed by atoms with Gasteiger partial charge in [-0.25, -0.2) is 0 Å². The van der Waals surface area contributed by atoms with E-state index in [2.05, 4.69) is 46.9 Å². The highest BCUT2D eigenvalue weighted by molar-refractivity contribution is 7.99. The molecule has 1 aliphatic carbocycles. The lowest BCUT2D eigenvalue weighted by Gasteiger charge is -2.17. The fraction of sp³-hybridized carbons (Fsp3) is 0.429. The van der Waals surface area contributed by atoms with Crippen LogP contribution in [0.15, 0.2) is 16.6 Å². The lowest BCUT2D eigenvalue weighted by atomic mass is 9.89. The minimum Gasteiger partial charge on any atom is -0.316 e. The first-order valence-electron chi connectivity index (χ1n) is 9.94. The maximum absolute atomic E-state index is 12.6. The summed E-state index contributed by atoms with van der Waals surface area (Å²) in [5.41, 5.74) is 2.83. The summed E-state index contributed by atoms with van der Waals surface area (Å²) >= 11 is 4.63. The third-order valence-corrected chi connectivity index (χ3v) is 8.58. The van der Waals surface area contributed by atoms with Crippen molar-refractivity contribution in [2.45, 2.75) is 44.7 Å². The molecule has 1 amide bonds. The molecule has 1 atom stereocenters. The van der Waals surface area contributed by atoms with E-state index in [0.29, 0.717) is 21.6 Å². The van der Waals surface area contributed by atoms with Gasteiger partial charge in [-0.05, 0) is 43.2 Å². The monoisotopic (exact) mass is 457 g/mol. The number of nitrogens with one attached hydrogen (secondary N) is 1. The molecule has 6 nitrogen and oxygen atoms in total. The number of carbonyl (C=O) groups is 1. The molecule has 0 fully saturated rings. The van der Waals surface area contributed by atoms with Crippen LogP contribution < -0.4 is 5.32 Å². The number of rotatable bonds is 6. The molecule has 3 aromatic heterocycles. The molecule has 0 spiro atoms. The molecule has 0 bridgehead atoms. The first-order chi connectivity index (χ1) is 14.5. The fourth-order valence-electron chi connectivity index (χ4n) is 3.63. The second kappa shape index (κ2) is 8.92. The van der Waals surface area contributed by atoms with E-state index in [0.717, 1.165) is 42.6 Å². The van der Waals surface area contributed by atoms with Crippen molar-refractivity contribution in [1.82, 2.24) is 14.8 Å². The Labute approximate surface area is 188 Å². The van der Waals surface area contributed by atoms with Gasteiger partial charge in [-0.3, -0.25) is 4.79 Å². The molecule has 0 saturated heterocycles. The van der Waals surface area contributed by atoms with Crippen LogP contribution in [0.2, 0.25) is 0 Å². The SMILES string of the molecule is CCc1cc(-c2nnc(SCC(=O)Nc3sc4c(c3C#N)CCC(C)C4)n2C)cs1. The molecule has 30 heavy (non-hydrogen) atoms. The topological polar surface area (TPSA) is 83.6 Å². The molecule has 0 saturated carbocycles. The van der Waals surface area contributed by atoms with Gasteiger partial charge in [0.25, 0.3) is 0 Å². The van der Waals surface area contributed by atoms with Gasteiger partial charge in [-0.15, -0.1) is 32.9 Å². The van der Waals surface area contributed by atoms with Crippen LogP contribution in [0.3, 0.4) is 0 Å². The number of nitriles is 1. The van der Waals surface area contributed by atoms with E-state index >= 15 is 0 Å². The maximum Gasteiger partial charge on any atom is 0.235 e. The molecule has 1 N–H and O–H groups in total. The molecule has 156 valence electrons. The Morgan fingerprint density at radius 3 is 3.03 bits per heavy atom. The standard InChI is InChI=1S/C21H23N5OS3/c1-4-14-8-13(10-28-14)19-24-25-21(26(19)3)29-11-18(27)23-20-16(9-22)15-6-5-12(2)7-17(15)30-20/h8,10,12H,4-7,11H2,1-3H3,(H,23,27). The van der Waals surface area contributed by atoms with E-state index in [9.17, 15) is 10.1 Å². The van der Waals surface area contributed by atoms with Crippen LogP contribution in [0.1, 0.15) is 41.1 Å². The molecule has 0 aliphatic heterocycles. The van der Waals surface area contributed by atoms with Crippen molar-refractivity contribution in [3.8, 4) is 17.5 Å². The normalized spacial score (nSPS) is 15.6. The minimum absolute atomic E-state index is 0.128. The second-order valence-electron chi connectivity index (χ2n) is 7.52. The Bertz CT molecular complexity index is 1120. The molecule has 3 aromatic rings. The van der Waals surface area contributed by atoms with Crippen molar-refractivity contribution < 1.29 is 4.79 Å². The summed E-state index contributed by atoms with van der Waals surface area (Å²) in [7, 11) is 1.92. The smallest absolute Gasteiger partial charge is 0.235 e. The van der Waals surface area contributed by atoms with Gasteiger partial charge < -0.3 is 9.88 Å². The summed E-state index contributed by atoms with van der Waals surface area (Å²) in [6.45, 7) is 4.37. The third kappa shape index (κ3) is 4.17. The molecule has 0 radical (unpaired) electrons. The van der Waals surface area contributed by atoms with E-state index in [4.69, 9.17) is 0 Å². The van der Waals surface area contributed by atoms with Gasteiger partial charge in [0.15, 0.2) is 11.0 Å². The van der Waals surface area contributed by atoms with Crippen LogP contribution >= 0.6 is 34.4 Å². The zero-order chi connectivity index (χ0) is 21.3. The number of thiophene rings is 2. The summed E-state index contributed by atoms with van der Waals surface area (Å²) in [6.07, 6.45) is 4.01. The van der Waals surface area contributed by atoms with E-state index in [1.54, 1.807) is 22.7 Å². The summed E-state index contributed by atoms with van der Waals surface area (Å²) in [5.74, 6) is 1.53. The molecule has 1 aliphatic rings. The highest BCUT2D eigenvalue weighted by atomic mass is 32.2.